The molecule has 2 aromatic rings. The largest absolute Gasteiger partial charge is 0.367 e. The Morgan fingerprint density at radius 2 is 2.27 bits per heavy atom. The van der Waals surface area contributed by atoms with Crippen LogP contribution in [-0.4, -0.2) is 25.6 Å². The number of nitrogens with one attached hydrogen (secondary N) is 1. The topological polar surface area (TPSA) is 67.3 Å². The number of hydrogen-bond acceptors (Lipinski definition) is 4. The van der Waals surface area contributed by atoms with E-state index >= 15 is 0 Å². The van der Waals surface area contributed by atoms with E-state index in [1.165, 1.54) is 0 Å². The van der Waals surface area contributed by atoms with Gasteiger partial charge in [-0.05, 0) is 16.5 Å². The second kappa shape index (κ2) is 2.45. The maximum absolute atomic E-state index is 3.78. The van der Waals surface area contributed by atoms with E-state index in [0.29, 0.717) is 0 Å². The fourth-order valence-electron chi connectivity index (χ4n) is 0.813. The van der Waals surface area contributed by atoms with Gasteiger partial charge in [0.25, 0.3) is 0 Å². The molecule has 0 atom stereocenters. The number of aromatic nitrogens is 5. The maximum Gasteiger partial charge on any atom is 0.116 e. The van der Waals surface area contributed by atoms with Crippen molar-refractivity contribution in [1.29, 1.82) is 0 Å². The predicted octanol–water partition coefficient (Wildman–Crippen LogP) is 0.262. The van der Waals surface area contributed by atoms with Gasteiger partial charge in [-0.2, -0.15) is 0 Å². The van der Waals surface area contributed by atoms with Crippen molar-refractivity contribution < 1.29 is 0 Å². The number of H-pyrrole nitrogens is 1. The SMILES string of the molecule is c1cc(-c2cnnnn2)c[nH]1. The highest BCUT2D eigenvalue weighted by atomic mass is 15.4. The van der Waals surface area contributed by atoms with Crippen molar-refractivity contribution in [1.82, 2.24) is 25.6 Å². The minimum absolute atomic E-state index is 0.723. The van der Waals surface area contributed by atoms with Crippen molar-refractivity contribution in [3.05, 3.63) is 24.7 Å². The fourth-order valence-corrected chi connectivity index (χ4v) is 0.813. The summed E-state index contributed by atoms with van der Waals surface area (Å²) in [4.78, 5) is 2.91. The van der Waals surface area contributed by atoms with E-state index in [2.05, 4.69) is 25.6 Å². The molecular formula is C6H5N5. The highest BCUT2D eigenvalue weighted by molar-refractivity contribution is 5.55. The van der Waals surface area contributed by atoms with E-state index in [1.54, 1.807) is 6.20 Å². The van der Waals surface area contributed by atoms with Gasteiger partial charge in [0.2, 0.25) is 0 Å². The quantitative estimate of drug-likeness (QED) is 0.628. The summed E-state index contributed by atoms with van der Waals surface area (Å²) in [6.07, 6.45) is 5.21. The Balaban J connectivity index is 2.46. The third-order valence-corrected chi connectivity index (χ3v) is 1.32. The van der Waals surface area contributed by atoms with E-state index in [-0.39, 0.29) is 0 Å². The van der Waals surface area contributed by atoms with Crippen LogP contribution < -0.4 is 0 Å². The fraction of sp³-hybridized carbons (Fsp3) is 0. The average molecular weight is 147 g/mol. The second-order valence-electron chi connectivity index (χ2n) is 2.01. The number of hydrogen-bond donors (Lipinski definition) is 1. The number of aromatic amines is 1. The molecule has 0 aromatic carbocycles. The Hall–Kier alpha value is -1.78. The van der Waals surface area contributed by atoms with Crippen molar-refractivity contribution >= 4 is 0 Å². The molecular weight excluding hydrogens is 142 g/mol. The zero-order valence-electron chi connectivity index (χ0n) is 5.60. The molecule has 0 aliphatic carbocycles. The van der Waals surface area contributed by atoms with Crippen LogP contribution in [0, 0.1) is 0 Å². The van der Waals surface area contributed by atoms with Crippen molar-refractivity contribution in [3.63, 3.8) is 0 Å². The molecule has 0 amide bonds. The lowest BCUT2D eigenvalue weighted by Gasteiger charge is -1.88. The molecule has 0 spiro atoms. The van der Waals surface area contributed by atoms with Gasteiger partial charge < -0.3 is 4.98 Å². The van der Waals surface area contributed by atoms with Crippen LogP contribution in [0.4, 0.5) is 0 Å². The van der Waals surface area contributed by atoms with Crippen LogP contribution in [0.25, 0.3) is 11.3 Å². The summed E-state index contributed by atoms with van der Waals surface area (Å²) in [6, 6.07) is 1.89. The smallest absolute Gasteiger partial charge is 0.116 e. The Bertz CT molecular complexity index is 314. The van der Waals surface area contributed by atoms with Crippen LogP contribution in [0.5, 0.6) is 0 Å². The first kappa shape index (κ1) is 5.96. The van der Waals surface area contributed by atoms with Crippen molar-refractivity contribution in [2.45, 2.75) is 0 Å². The Morgan fingerprint density at radius 1 is 1.27 bits per heavy atom. The van der Waals surface area contributed by atoms with Gasteiger partial charge in [0, 0.05) is 18.0 Å². The average Bonchev–Trinajstić information content (AvgIpc) is 2.58. The van der Waals surface area contributed by atoms with Gasteiger partial charge in [-0.3, -0.25) is 0 Å². The zero-order chi connectivity index (χ0) is 7.52. The summed E-state index contributed by atoms with van der Waals surface area (Å²) in [5.41, 5.74) is 1.69. The maximum atomic E-state index is 3.78. The highest BCUT2D eigenvalue weighted by Gasteiger charge is 1.97. The number of nitrogens with zero attached hydrogens (tertiary/aromatic N) is 4. The molecule has 0 saturated carbocycles. The summed E-state index contributed by atoms with van der Waals surface area (Å²) in [5.74, 6) is 0. The van der Waals surface area contributed by atoms with Crippen LogP contribution in [0.15, 0.2) is 24.7 Å². The van der Waals surface area contributed by atoms with E-state index in [9.17, 15) is 0 Å². The lowest BCUT2D eigenvalue weighted by Crippen LogP contribution is -1.91. The normalized spacial score (nSPS) is 9.82. The Morgan fingerprint density at radius 3 is 2.91 bits per heavy atom. The highest BCUT2D eigenvalue weighted by Crippen LogP contribution is 2.11. The molecule has 0 saturated heterocycles. The lowest BCUT2D eigenvalue weighted by molar-refractivity contribution is 0.767. The molecule has 1 N–H and O–H groups in total. The van der Waals surface area contributed by atoms with Gasteiger partial charge in [0.15, 0.2) is 0 Å². The van der Waals surface area contributed by atoms with Crippen LogP contribution >= 0.6 is 0 Å². The van der Waals surface area contributed by atoms with Crippen LogP contribution in [0.3, 0.4) is 0 Å². The summed E-state index contributed by atoms with van der Waals surface area (Å²) in [7, 11) is 0. The van der Waals surface area contributed by atoms with Gasteiger partial charge in [-0.1, -0.05) is 0 Å². The zero-order valence-corrected chi connectivity index (χ0v) is 5.60. The molecule has 0 aliphatic rings. The van der Waals surface area contributed by atoms with Gasteiger partial charge in [-0.15, -0.1) is 10.2 Å². The molecule has 0 bridgehead atoms. The van der Waals surface area contributed by atoms with E-state index in [0.717, 1.165) is 11.3 Å². The third-order valence-electron chi connectivity index (χ3n) is 1.32. The molecule has 0 unspecified atom stereocenters. The first-order valence-corrected chi connectivity index (χ1v) is 3.11. The van der Waals surface area contributed by atoms with Crippen molar-refractivity contribution in [3.8, 4) is 11.3 Å². The first-order valence-electron chi connectivity index (χ1n) is 3.11. The molecule has 5 nitrogen and oxygen atoms in total. The molecule has 0 radical (unpaired) electrons. The minimum Gasteiger partial charge on any atom is -0.367 e. The van der Waals surface area contributed by atoms with Gasteiger partial charge in [0.1, 0.15) is 5.69 Å². The van der Waals surface area contributed by atoms with Gasteiger partial charge in [-0.25, -0.2) is 0 Å². The van der Waals surface area contributed by atoms with Crippen LogP contribution in [0.1, 0.15) is 0 Å². The standard InChI is InChI=1S/C6H5N5/c1-2-7-3-5(1)6-4-8-10-11-9-6/h1-4,7H. The van der Waals surface area contributed by atoms with E-state index < -0.39 is 0 Å². The van der Waals surface area contributed by atoms with Gasteiger partial charge >= 0.3 is 0 Å². The van der Waals surface area contributed by atoms with Gasteiger partial charge in [0.05, 0.1) is 6.20 Å². The lowest BCUT2D eigenvalue weighted by atomic mass is 10.3. The second-order valence-corrected chi connectivity index (χ2v) is 2.01. The van der Waals surface area contributed by atoms with Crippen molar-refractivity contribution in [2.75, 3.05) is 0 Å². The molecule has 54 valence electrons. The minimum atomic E-state index is 0.723. The number of rotatable bonds is 1. The van der Waals surface area contributed by atoms with Crippen LogP contribution in [0.2, 0.25) is 0 Å². The van der Waals surface area contributed by atoms with E-state index in [4.69, 9.17) is 0 Å². The molecule has 2 heterocycles. The molecule has 0 aliphatic heterocycles. The summed E-state index contributed by atoms with van der Waals surface area (Å²) in [5, 5.41) is 14.1. The summed E-state index contributed by atoms with van der Waals surface area (Å²) < 4.78 is 0. The third kappa shape index (κ3) is 1.07. The van der Waals surface area contributed by atoms with E-state index in [1.807, 2.05) is 18.5 Å². The molecule has 2 aromatic heterocycles. The predicted molar refractivity (Wildman–Crippen MR) is 37.4 cm³/mol. The van der Waals surface area contributed by atoms with Crippen molar-refractivity contribution in [2.24, 2.45) is 0 Å². The first-order chi connectivity index (χ1) is 5.47. The monoisotopic (exact) mass is 147 g/mol. The summed E-state index contributed by atoms with van der Waals surface area (Å²) >= 11 is 0. The molecule has 5 heteroatoms. The van der Waals surface area contributed by atoms with Crippen LogP contribution in [-0.2, 0) is 0 Å². The Kier molecular flexibility index (Phi) is 1.33. The molecule has 0 fully saturated rings. The Labute approximate surface area is 62.5 Å². The molecule has 11 heavy (non-hydrogen) atoms. The molecule has 2 rings (SSSR count). The summed E-state index contributed by atoms with van der Waals surface area (Å²) in [6.45, 7) is 0.